The van der Waals surface area contributed by atoms with Gasteiger partial charge in [-0.3, -0.25) is 4.79 Å². The summed E-state index contributed by atoms with van der Waals surface area (Å²) in [6.45, 7) is 0. The maximum atomic E-state index is 10.0. The summed E-state index contributed by atoms with van der Waals surface area (Å²) in [6.07, 6.45) is 0.960. The second kappa shape index (κ2) is 6.19. The monoisotopic (exact) mass is 229 g/mol. The molecule has 8 heteroatoms. The molecule has 0 aromatic carbocycles. The molecule has 0 aliphatic heterocycles. The zero-order valence-corrected chi connectivity index (χ0v) is 8.27. The lowest BCUT2D eigenvalue weighted by Gasteiger charge is -2.04. The van der Waals surface area contributed by atoms with Crippen LogP contribution < -0.4 is 0 Å². The molecule has 0 aromatic rings. The van der Waals surface area contributed by atoms with Crippen molar-refractivity contribution in [3.63, 3.8) is 0 Å². The highest BCUT2D eigenvalue weighted by Gasteiger charge is 1.98. The molecule has 0 radical (unpaired) electrons. The van der Waals surface area contributed by atoms with Crippen molar-refractivity contribution in [3.05, 3.63) is 0 Å². The highest BCUT2D eigenvalue weighted by Crippen LogP contribution is 2.10. The van der Waals surface area contributed by atoms with Crippen molar-refractivity contribution in [1.29, 1.82) is 0 Å². The first-order valence-corrected chi connectivity index (χ1v) is 5.65. The Kier molecular flexibility index (Phi) is 6.04. The Morgan fingerprint density at radius 3 is 2.54 bits per heavy atom. The van der Waals surface area contributed by atoms with Gasteiger partial charge < -0.3 is 9.66 Å². The summed E-state index contributed by atoms with van der Waals surface area (Å²) in [5, 5.41) is 8.22. The topological polar surface area (TPSA) is 104 Å². The maximum absolute atomic E-state index is 10.0. The van der Waals surface area contributed by atoms with Crippen LogP contribution in [0.3, 0.4) is 0 Å². The summed E-state index contributed by atoms with van der Waals surface area (Å²) >= 11 is 0.518. The van der Waals surface area contributed by atoms with Crippen molar-refractivity contribution >= 4 is 28.4 Å². The van der Waals surface area contributed by atoms with Crippen LogP contribution in [0.2, 0.25) is 0 Å². The van der Waals surface area contributed by atoms with Gasteiger partial charge in [0.05, 0.1) is 0 Å². The third kappa shape index (κ3) is 11.7. The van der Waals surface area contributed by atoms with E-state index >= 15 is 0 Å². The summed E-state index contributed by atoms with van der Waals surface area (Å²) in [5.41, 5.74) is 0. The predicted molar refractivity (Wildman–Crippen MR) is 44.7 cm³/mol. The van der Waals surface area contributed by atoms with Crippen molar-refractivity contribution in [1.82, 2.24) is 0 Å². The first-order valence-electron chi connectivity index (χ1n) is 3.40. The minimum Gasteiger partial charge on any atom is -0.725 e. The normalized spacial score (nSPS) is 11.5. The molecule has 13 heavy (non-hydrogen) atoms. The number of carbonyl (C=O) groups is 1. The van der Waals surface area contributed by atoms with Crippen LogP contribution in [0.4, 0.5) is 0 Å². The quantitative estimate of drug-likeness (QED) is 0.291. The van der Waals surface area contributed by atoms with Crippen molar-refractivity contribution in [2.75, 3.05) is 5.75 Å². The van der Waals surface area contributed by atoms with Crippen LogP contribution in [0.15, 0.2) is 0 Å². The third-order valence-corrected chi connectivity index (χ3v) is 2.51. The Labute approximate surface area is 80.4 Å². The van der Waals surface area contributed by atoms with Gasteiger partial charge in [0.25, 0.3) is 0 Å². The first kappa shape index (κ1) is 12.7. The van der Waals surface area contributed by atoms with E-state index in [1.807, 2.05) is 0 Å². The standard InChI is InChI=1S/C5H10O6S2/c6-5(7)3-1-2-4-12-11-13(8,9)10/h1-4H2,(H,6,7)(H,8,9,10)/p-1. The van der Waals surface area contributed by atoms with Crippen LogP contribution in [0.5, 0.6) is 0 Å². The number of hydrogen-bond acceptors (Lipinski definition) is 6. The largest absolute Gasteiger partial charge is 0.725 e. The lowest BCUT2D eigenvalue weighted by molar-refractivity contribution is -0.137. The van der Waals surface area contributed by atoms with E-state index in [1.54, 1.807) is 0 Å². The van der Waals surface area contributed by atoms with Crippen LogP contribution in [0, 0.1) is 0 Å². The molecule has 0 unspecified atom stereocenters. The van der Waals surface area contributed by atoms with E-state index < -0.39 is 16.4 Å². The van der Waals surface area contributed by atoms with Gasteiger partial charge in [0.15, 0.2) is 0 Å². The van der Waals surface area contributed by atoms with Crippen molar-refractivity contribution < 1.29 is 26.5 Å². The number of hydrogen-bond donors (Lipinski definition) is 1. The molecule has 6 nitrogen and oxygen atoms in total. The zero-order valence-electron chi connectivity index (χ0n) is 6.63. The van der Waals surface area contributed by atoms with Gasteiger partial charge in [0.1, 0.15) is 0 Å². The molecular formula is C5H9O6S2-. The SMILES string of the molecule is O=C(O)CCCCSOS(=O)(=O)[O-]. The number of unbranched alkanes of at least 4 members (excludes halogenated alkanes) is 1. The summed E-state index contributed by atoms with van der Waals surface area (Å²) in [5.74, 6) is -0.614. The van der Waals surface area contributed by atoms with E-state index in [9.17, 15) is 17.8 Å². The second-order valence-corrected chi connectivity index (χ2v) is 4.15. The van der Waals surface area contributed by atoms with Gasteiger partial charge in [-0.25, -0.2) is 12.0 Å². The smallest absolute Gasteiger partial charge is 0.303 e. The van der Waals surface area contributed by atoms with E-state index in [0.29, 0.717) is 24.9 Å². The molecule has 0 saturated heterocycles. The highest BCUT2D eigenvalue weighted by molar-refractivity contribution is 8.02. The van der Waals surface area contributed by atoms with Gasteiger partial charge in [0, 0.05) is 24.2 Å². The lowest BCUT2D eigenvalue weighted by Crippen LogP contribution is -1.99. The molecule has 0 bridgehead atoms. The lowest BCUT2D eigenvalue weighted by atomic mass is 10.3. The maximum Gasteiger partial charge on any atom is 0.303 e. The van der Waals surface area contributed by atoms with Crippen molar-refractivity contribution in [2.45, 2.75) is 19.3 Å². The van der Waals surface area contributed by atoms with Gasteiger partial charge in [-0.05, 0) is 12.8 Å². The molecule has 0 heterocycles. The Hall–Kier alpha value is -0.310. The first-order chi connectivity index (χ1) is 5.92. The van der Waals surface area contributed by atoms with Crippen LogP contribution in [-0.4, -0.2) is 29.8 Å². The molecule has 0 aromatic heterocycles. The molecule has 0 aliphatic carbocycles. The van der Waals surface area contributed by atoms with Gasteiger partial charge in [-0.1, -0.05) is 0 Å². The van der Waals surface area contributed by atoms with Gasteiger partial charge in [-0.2, -0.15) is 0 Å². The molecule has 1 N–H and O–H groups in total. The molecule has 0 spiro atoms. The van der Waals surface area contributed by atoms with Gasteiger partial charge in [0.2, 0.25) is 10.4 Å². The van der Waals surface area contributed by atoms with Gasteiger partial charge >= 0.3 is 5.97 Å². The molecular weight excluding hydrogens is 220 g/mol. The van der Waals surface area contributed by atoms with Crippen LogP contribution in [-0.2, 0) is 18.8 Å². The zero-order chi connectivity index (χ0) is 10.3. The predicted octanol–water partition coefficient (Wildman–Crippen LogP) is 0.366. The summed E-state index contributed by atoms with van der Waals surface area (Å²) < 4.78 is 33.5. The fourth-order valence-electron chi connectivity index (χ4n) is 0.530. The van der Waals surface area contributed by atoms with Gasteiger partial charge in [-0.15, -0.1) is 0 Å². The van der Waals surface area contributed by atoms with E-state index in [1.165, 1.54) is 0 Å². The molecule has 0 fully saturated rings. The Balaban J connectivity index is 3.23. The van der Waals surface area contributed by atoms with Crippen molar-refractivity contribution in [3.8, 4) is 0 Å². The third-order valence-electron chi connectivity index (χ3n) is 1.000. The number of carboxylic acids is 1. The molecule has 78 valence electrons. The highest BCUT2D eigenvalue weighted by atomic mass is 32.3. The minimum atomic E-state index is -4.63. The Bertz CT molecular complexity index is 246. The number of aliphatic carboxylic acids is 1. The van der Waals surface area contributed by atoms with Crippen LogP contribution in [0.1, 0.15) is 19.3 Å². The molecule has 0 aliphatic rings. The molecule has 0 atom stereocenters. The molecule has 0 rings (SSSR count). The fraction of sp³-hybridized carbons (Fsp3) is 0.800. The minimum absolute atomic E-state index is 0.0324. The van der Waals surface area contributed by atoms with Crippen LogP contribution in [0.25, 0.3) is 0 Å². The van der Waals surface area contributed by atoms with E-state index in [-0.39, 0.29) is 12.2 Å². The number of carboxylic acid groups (broad SMARTS) is 1. The van der Waals surface area contributed by atoms with E-state index in [4.69, 9.17) is 5.11 Å². The fourth-order valence-corrected chi connectivity index (χ4v) is 1.60. The summed E-state index contributed by atoms with van der Waals surface area (Å²) in [6, 6.07) is 0. The van der Waals surface area contributed by atoms with Crippen LogP contribution >= 0.6 is 12.0 Å². The molecule has 0 saturated carbocycles. The average Bonchev–Trinajstić information content (AvgIpc) is 1.93. The summed E-state index contributed by atoms with van der Waals surface area (Å²) in [4.78, 5) is 10.0. The Morgan fingerprint density at radius 2 is 2.08 bits per heavy atom. The van der Waals surface area contributed by atoms with E-state index in [0.717, 1.165) is 0 Å². The van der Waals surface area contributed by atoms with E-state index in [2.05, 4.69) is 3.63 Å². The summed E-state index contributed by atoms with van der Waals surface area (Å²) in [7, 11) is -4.63. The molecule has 0 amide bonds. The average molecular weight is 229 g/mol. The Morgan fingerprint density at radius 1 is 1.46 bits per heavy atom. The van der Waals surface area contributed by atoms with Crippen molar-refractivity contribution in [2.24, 2.45) is 0 Å². The number of rotatable bonds is 7. The second-order valence-electron chi connectivity index (χ2n) is 2.15.